The molecule has 0 unspecified atom stereocenters. The summed E-state index contributed by atoms with van der Waals surface area (Å²) in [6, 6.07) is 14.7. The van der Waals surface area contributed by atoms with E-state index in [0.29, 0.717) is 18.1 Å². The van der Waals surface area contributed by atoms with Gasteiger partial charge in [-0.05, 0) is 29.5 Å². The van der Waals surface area contributed by atoms with Gasteiger partial charge in [-0.2, -0.15) is 5.21 Å². The predicted molar refractivity (Wildman–Crippen MR) is 100 cm³/mol. The van der Waals surface area contributed by atoms with Crippen molar-refractivity contribution in [2.45, 2.75) is 13.0 Å². The first-order valence-electron chi connectivity index (χ1n) is 8.41. The van der Waals surface area contributed by atoms with Crippen molar-refractivity contribution in [3.63, 3.8) is 0 Å². The maximum absolute atomic E-state index is 12.4. The highest BCUT2D eigenvalue weighted by molar-refractivity contribution is 5.91. The molecule has 0 atom stereocenters. The Morgan fingerprint density at radius 1 is 1.15 bits per heavy atom. The number of fused-ring (bicyclic) bond motifs is 1. The Morgan fingerprint density at radius 3 is 2.74 bits per heavy atom. The molecule has 9 heteroatoms. The normalized spacial score (nSPS) is 11.0. The quantitative estimate of drug-likeness (QED) is 0.559. The van der Waals surface area contributed by atoms with Gasteiger partial charge in [0, 0.05) is 31.3 Å². The molecule has 0 spiro atoms. The number of aromatic nitrogens is 6. The number of nitrogens with one attached hydrogen (secondary N) is 2. The summed E-state index contributed by atoms with van der Waals surface area (Å²) in [6.07, 6.45) is 0.181. The van der Waals surface area contributed by atoms with E-state index in [1.54, 1.807) is 34.4 Å². The highest BCUT2D eigenvalue weighted by atomic mass is 16.2. The summed E-state index contributed by atoms with van der Waals surface area (Å²) in [7, 11) is 1.73. The lowest BCUT2D eigenvalue weighted by Crippen LogP contribution is -2.24. The zero-order valence-corrected chi connectivity index (χ0v) is 14.6. The molecule has 4 aromatic rings. The number of carbonyl (C=O) groups is 1. The summed E-state index contributed by atoms with van der Waals surface area (Å²) in [5, 5.41) is 16.6. The summed E-state index contributed by atoms with van der Waals surface area (Å²) < 4.78 is 3.20. The maximum atomic E-state index is 12.4. The third-order valence-electron chi connectivity index (χ3n) is 4.36. The molecule has 2 N–H and O–H groups in total. The smallest absolute Gasteiger partial charge is 0.326 e. The van der Waals surface area contributed by atoms with Crippen molar-refractivity contribution < 1.29 is 4.79 Å². The van der Waals surface area contributed by atoms with E-state index in [1.807, 2.05) is 30.3 Å². The molecule has 0 aliphatic carbocycles. The van der Waals surface area contributed by atoms with Crippen LogP contribution in [0.4, 0.5) is 5.69 Å². The molecule has 2 aromatic heterocycles. The van der Waals surface area contributed by atoms with Crippen molar-refractivity contribution in [3.05, 3.63) is 59.0 Å². The Labute approximate surface area is 153 Å². The van der Waals surface area contributed by atoms with Gasteiger partial charge in [0.05, 0.1) is 11.0 Å². The molecule has 1 amide bonds. The summed E-state index contributed by atoms with van der Waals surface area (Å²) in [5.74, 6) is 0.272. The number of H-pyrrole nitrogens is 1. The molecule has 0 fully saturated rings. The van der Waals surface area contributed by atoms with E-state index in [4.69, 9.17) is 0 Å². The van der Waals surface area contributed by atoms with Gasteiger partial charge in [-0.3, -0.25) is 13.9 Å². The number of hydrogen-bond acceptors (Lipinski definition) is 5. The van der Waals surface area contributed by atoms with Crippen LogP contribution in [-0.2, 0) is 18.4 Å². The van der Waals surface area contributed by atoms with Crippen LogP contribution < -0.4 is 11.0 Å². The summed E-state index contributed by atoms with van der Waals surface area (Å²) >= 11 is 0. The minimum atomic E-state index is -0.180. The largest absolute Gasteiger partial charge is 0.328 e. The first-order valence-corrected chi connectivity index (χ1v) is 8.41. The lowest BCUT2D eigenvalue weighted by molar-refractivity contribution is -0.116. The van der Waals surface area contributed by atoms with Gasteiger partial charge in [0.2, 0.25) is 11.7 Å². The van der Waals surface area contributed by atoms with Gasteiger partial charge in [-0.15, -0.1) is 10.2 Å². The molecular formula is C18H17N7O2. The number of carbonyl (C=O) groups excluding carboxylic acids is 1. The van der Waals surface area contributed by atoms with Gasteiger partial charge < -0.3 is 5.32 Å². The summed E-state index contributed by atoms with van der Waals surface area (Å²) in [5.41, 5.74) is 2.90. The second kappa shape index (κ2) is 6.87. The Kier molecular flexibility index (Phi) is 4.25. The monoisotopic (exact) mass is 363 g/mol. The van der Waals surface area contributed by atoms with Crippen LogP contribution in [0.3, 0.4) is 0 Å². The third kappa shape index (κ3) is 3.22. The van der Waals surface area contributed by atoms with E-state index in [2.05, 4.69) is 25.9 Å². The van der Waals surface area contributed by atoms with Crippen molar-refractivity contribution in [1.29, 1.82) is 0 Å². The van der Waals surface area contributed by atoms with Crippen LogP contribution in [0.15, 0.2) is 53.3 Å². The topological polar surface area (TPSA) is 110 Å². The minimum absolute atomic E-state index is 0.136. The Morgan fingerprint density at radius 2 is 1.96 bits per heavy atom. The summed E-state index contributed by atoms with van der Waals surface area (Å²) in [6.45, 7) is 0.302. The molecule has 0 saturated heterocycles. The maximum Gasteiger partial charge on any atom is 0.328 e. The van der Waals surface area contributed by atoms with Crippen LogP contribution in [0, 0.1) is 0 Å². The van der Waals surface area contributed by atoms with Crippen LogP contribution in [0.5, 0.6) is 0 Å². The van der Waals surface area contributed by atoms with E-state index in [-0.39, 0.29) is 18.0 Å². The average Bonchev–Trinajstić information content (AvgIpc) is 3.30. The molecule has 0 aliphatic heterocycles. The van der Waals surface area contributed by atoms with Crippen molar-refractivity contribution in [2.24, 2.45) is 7.05 Å². The average molecular weight is 363 g/mol. The number of aromatic amines is 1. The molecule has 27 heavy (non-hydrogen) atoms. The number of rotatable bonds is 5. The molecule has 0 aliphatic rings. The van der Waals surface area contributed by atoms with Gasteiger partial charge in [-0.25, -0.2) is 4.79 Å². The molecule has 136 valence electrons. The fourth-order valence-corrected chi connectivity index (χ4v) is 3.04. The second-order valence-electron chi connectivity index (χ2n) is 6.10. The highest BCUT2D eigenvalue weighted by Crippen LogP contribution is 2.18. The molecular weight excluding hydrogens is 346 g/mol. The zero-order chi connectivity index (χ0) is 18.8. The first kappa shape index (κ1) is 16.7. The SMILES string of the molecule is Cn1c(=O)n(CCC(=O)Nc2cccc(-c3nn[nH]n3)c2)c2ccccc21. The molecule has 2 aromatic carbocycles. The zero-order valence-electron chi connectivity index (χ0n) is 14.6. The lowest BCUT2D eigenvalue weighted by Gasteiger charge is -2.07. The van der Waals surface area contributed by atoms with Gasteiger partial charge in [-0.1, -0.05) is 24.3 Å². The van der Waals surface area contributed by atoms with Gasteiger partial charge in [0.1, 0.15) is 0 Å². The third-order valence-corrected chi connectivity index (χ3v) is 4.36. The fraction of sp³-hybridized carbons (Fsp3) is 0.167. The van der Waals surface area contributed by atoms with Gasteiger partial charge in [0.25, 0.3) is 0 Å². The Hall–Kier alpha value is -3.75. The molecule has 2 heterocycles. The fourth-order valence-electron chi connectivity index (χ4n) is 3.04. The standard InChI is InChI=1S/C18H17N7O2/c1-24-14-7-2-3-8-15(14)25(18(24)27)10-9-16(26)19-13-6-4-5-12(11-13)17-20-22-23-21-17/h2-8,11H,9-10H2,1H3,(H,19,26)(H,20,21,22,23). The van der Waals surface area contributed by atoms with Gasteiger partial charge >= 0.3 is 5.69 Å². The van der Waals surface area contributed by atoms with Gasteiger partial charge in [0.15, 0.2) is 0 Å². The van der Waals surface area contributed by atoms with E-state index in [0.717, 1.165) is 16.6 Å². The van der Waals surface area contributed by atoms with Crippen molar-refractivity contribution >= 4 is 22.6 Å². The van der Waals surface area contributed by atoms with E-state index in [1.165, 1.54) is 0 Å². The van der Waals surface area contributed by atoms with Crippen LogP contribution in [0.1, 0.15) is 6.42 Å². The number of para-hydroxylation sites is 2. The number of amides is 1. The van der Waals surface area contributed by atoms with Crippen LogP contribution in [-0.4, -0.2) is 35.7 Å². The molecule has 0 saturated carbocycles. The Balaban J connectivity index is 1.48. The molecule has 4 rings (SSSR count). The van der Waals surface area contributed by atoms with Crippen molar-refractivity contribution in [2.75, 3.05) is 5.32 Å². The second-order valence-corrected chi connectivity index (χ2v) is 6.10. The number of hydrogen-bond donors (Lipinski definition) is 2. The van der Waals surface area contributed by atoms with Crippen molar-refractivity contribution in [3.8, 4) is 11.4 Å². The number of nitrogens with zero attached hydrogens (tertiary/aromatic N) is 5. The lowest BCUT2D eigenvalue weighted by atomic mass is 10.2. The molecule has 9 nitrogen and oxygen atoms in total. The van der Waals surface area contributed by atoms with E-state index < -0.39 is 0 Å². The van der Waals surface area contributed by atoms with Crippen LogP contribution >= 0.6 is 0 Å². The minimum Gasteiger partial charge on any atom is -0.326 e. The van der Waals surface area contributed by atoms with E-state index >= 15 is 0 Å². The number of aryl methyl sites for hydroxylation is 2. The Bertz CT molecular complexity index is 1160. The molecule has 0 bridgehead atoms. The number of anilines is 1. The number of imidazole rings is 1. The van der Waals surface area contributed by atoms with Crippen molar-refractivity contribution in [1.82, 2.24) is 29.8 Å². The number of tetrazole rings is 1. The first-order chi connectivity index (χ1) is 13.1. The predicted octanol–water partition coefficient (Wildman–Crippen LogP) is 1.55. The van der Waals surface area contributed by atoms with Crippen LogP contribution in [0.25, 0.3) is 22.4 Å². The summed E-state index contributed by atoms with van der Waals surface area (Å²) in [4.78, 5) is 24.8. The molecule has 0 radical (unpaired) electrons. The highest BCUT2D eigenvalue weighted by Gasteiger charge is 2.12. The van der Waals surface area contributed by atoms with Crippen LogP contribution in [0.2, 0.25) is 0 Å². The van der Waals surface area contributed by atoms with E-state index in [9.17, 15) is 9.59 Å². The number of benzene rings is 2.